The van der Waals surface area contributed by atoms with E-state index in [4.69, 9.17) is 10.5 Å². The summed E-state index contributed by atoms with van der Waals surface area (Å²) in [7, 11) is 0. The number of amides is 2. The maximum Gasteiger partial charge on any atom is 0.410 e. The average molecular weight is 304 g/mol. The third-order valence-electron chi connectivity index (χ3n) is 4.28. The highest BCUT2D eigenvalue weighted by molar-refractivity contribution is 5.94. The lowest BCUT2D eigenvalue weighted by Crippen LogP contribution is -2.57. The number of hydrogen-bond acceptors (Lipinski definition) is 5. The van der Waals surface area contributed by atoms with Crippen LogP contribution >= 0.6 is 0 Å². The molecule has 2 N–H and O–H groups in total. The molecule has 3 rings (SSSR count). The van der Waals surface area contributed by atoms with E-state index in [-0.39, 0.29) is 24.1 Å². The van der Waals surface area contributed by atoms with Crippen molar-refractivity contribution in [3.8, 4) is 0 Å². The molecule has 2 unspecified atom stereocenters. The number of pyridine rings is 1. The fraction of sp³-hybridized carbons (Fsp3) is 0.533. The first-order chi connectivity index (χ1) is 10.6. The fourth-order valence-electron chi connectivity index (χ4n) is 3.28. The van der Waals surface area contributed by atoms with Gasteiger partial charge in [-0.15, -0.1) is 0 Å². The minimum absolute atomic E-state index is 0.0449. The topological polar surface area (TPSA) is 88.8 Å². The zero-order chi connectivity index (χ0) is 15.7. The van der Waals surface area contributed by atoms with Crippen LogP contribution in [0.2, 0.25) is 0 Å². The van der Waals surface area contributed by atoms with E-state index in [0.717, 1.165) is 12.8 Å². The van der Waals surface area contributed by atoms with Crippen molar-refractivity contribution in [1.82, 2.24) is 14.8 Å². The minimum Gasteiger partial charge on any atom is -0.450 e. The highest BCUT2D eigenvalue weighted by Gasteiger charge is 2.44. The van der Waals surface area contributed by atoms with Crippen LogP contribution in [0.5, 0.6) is 0 Å². The van der Waals surface area contributed by atoms with Crippen LogP contribution in [-0.2, 0) is 4.74 Å². The van der Waals surface area contributed by atoms with Crippen LogP contribution in [-0.4, -0.2) is 58.6 Å². The Hall–Kier alpha value is -2.31. The molecule has 118 valence electrons. The maximum absolute atomic E-state index is 12.5. The van der Waals surface area contributed by atoms with E-state index >= 15 is 0 Å². The number of aromatic nitrogens is 1. The summed E-state index contributed by atoms with van der Waals surface area (Å²) in [6.45, 7) is 3.25. The number of nitrogen functional groups attached to an aromatic ring is 1. The molecule has 7 nitrogen and oxygen atoms in total. The highest BCUT2D eigenvalue weighted by atomic mass is 16.6. The Morgan fingerprint density at radius 1 is 1.32 bits per heavy atom. The summed E-state index contributed by atoms with van der Waals surface area (Å²) in [5, 5.41) is 0. The molecule has 2 saturated heterocycles. The first kappa shape index (κ1) is 14.6. The number of piperazine rings is 1. The number of carbonyl (C=O) groups excluding carboxylic acids is 2. The van der Waals surface area contributed by atoms with Crippen LogP contribution in [0.15, 0.2) is 18.3 Å². The molecular formula is C15H20N4O3. The molecule has 0 radical (unpaired) electrons. The number of rotatable bonds is 2. The zero-order valence-corrected chi connectivity index (χ0v) is 12.6. The molecule has 3 heterocycles. The van der Waals surface area contributed by atoms with Crippen molar-refractivity contribution in [3.63, 3.8) is 0 Å². The third-order valence-corrected chi connectivity index (χ3v) is 4.28. The normalized spacial score (nSPS) is 23.5. The van der Waals surface area contributed by atoms with E-state index < -0.39 is 0 Å². The van der Waals surface area contributed by atoms with E-state index in [1.54, 1.807) is 28.9 Å². The smallest absolute Gasteiger partial charge is 0.410 e. The molecular weight excluding hydrogens is 284 g/mol. The molecule has 2 amide bonds. The van der Waals surface area contributed by atoms with Crippen molar-refractivity contribution in [2.75, 3.05) is 25.4 Å². The Labute approximate surface area is 129 Å². The van der Waals surface area contributed by atoms with Crippen LogP contribution in [0.4, 0.5) is 10.6 Å². The molecule has 2 atom stereocenters. The SMILES string of the molecule is CCOC(=O)N1C2CCC1CN(C(=O)c1ccc(N)nc1)C2. The number of nitrogens with two attached hydrogens (primary N) is 1. The molecule has 0 aromatic carbocycles. The molecule has 2 aliphatic heterocycles. The van der Waals surface area contributed by atoms with E-state index in [1.807, 2.05) is 0 Å². The van der Waals surface area contributed by atoms with E-state index in [9.17, 15) is 9.59 Å². The first-order valence-electron chi connectivity index (χ1n) is 7.56. The second kappa shape index (κ2) is 5.82. The number of nitrogens with zero attached hydrogens (tertiary/aromatic N) is 3. The lowest BCUT2D eigenvalue weighted by atomic mass is 10.1. The van der Waals surface area contributed by atoms with Gasteiger partial charge in [-0.2, -0.15) is 0 Å². The van der Waals surface area contributed by atoms with Gasteiger partial charge in [0.05, 0.1) is 24.3 Å². The fourth-order valence-corrected chi connectivity index (χ4v) is 3.28. The number of likely N-dealkylation sites (tertiary alicyclic amines) is 1. The number of fused-ring (bicyclic) bond motifs is 2. The van der Waals surface area contributed by atoms with Gasteiger partial charge < -0.3 is 15.4 Å². The lowest BCUT2D eigenvalue weighted by Gasteiger charge is -2.40. The largest absolute Gasteiger partial charge is 0.450 e. The molecule has 1 aromatic heterocycles. The van der Waals surface area contributed by atoms with Gasteiger partial charge in [0.1, 0.15) is 5.82 Å². The Kier molecular flexibility index (Phi) is 3.87. The Balaban J connectivity index is 1.71. The second-order valence-corrected chi connectivity index (χ2v) is 5.67. The number of hydrogen-bond donors (Lipinski definition) is 1. The predicted octanol–water partition coefficient (Wildman–Crippen LogP) is 1.11. The first-order valence-corrected chi connectivity index (χ1v) is 7.56. The maximum atomic E-state index is 12.5. The van der Waals surface area contributed by atoms with Crippen LogP contribution in [0, 0.1) is 0 Å². The summed E-state index contributed by atoms with van der Waals surface area (Å²) < 4.78 is 5.12. The predicted molar refractivity (Wildman–Crippen MR) is 80.2 cm³/mol. The Morgan fingerprint density at radius 3 is 2.55 bits per heavy atom. The molecule has 0 spiro atoms. The summed E-state index contributed by atoms with van der Waals surface area (Å²) in [4.78, 5) is 32.1. The third kappa shape index (κ3) is 2.58. The zero-order valence-electron chi connectivity index (χ0n) is 12.6. The van der Waals surface area contributed by atoms with Crippen LogP contribution < -0.4 is 5.73 Å². The van der Waals surface area contributed by atoms with Gasteiger partial charge in [-0.1, -0.05) is 0 Å². The number of anilines is 1. The van der Waals surface area contributed by atoms with Gasteiger partial charge in [0.15, 0.2) is 0 Å². The van der Waals surface area contributed by atoms with E-state index in [0.29, 0.717) is 31.1 Å². The number of ether oxygens (including phenoxy) is 1. The Morgan fingerprint density at radius 2 is 2.00 bits per heavy atom. The molecule has 2 fully saturated rings. The second-order valence-electron chi connectivity index (χ2n) is 5.67. The molecule has 0 aliphatic carbocycles. The van der Waals surface area contributed by atoms with E-state index in [2.05, 4.69) is 4.98 Å². The summed E-state index contributed by atoms with van der Waals surface area (Å²) >= 11 is 0. The molecule has 22 heavy (non-hydrogen) atoms. The van der Waals surface area contributed by atoms with Crippen molar-refractivity contribution in [1.29, 1.82) is 0 Å². The van der Waals surface area contributed by atoms with Crippen LogP contribution in [0.25, 0.3) is 0 Å². The summed E-state index contributed by atoms with van der Waals surface area (Å²) in [6.07, 6.45) is 3.05. The van der Waals surface area contributed by atoms with Gasteiger partial charge in [0.2, 0.25) is 0 Å². The van der Waals surface area contributed by atoms with Crippen molar-refractivity contribution in [2.24, 2.45) is 0 Å². The molecule has 2 bridgehead atoms. The van der Waals surface area contributed by atoms with E-state index in [1.165, 1.54) is 6.20 Å². The van der Waals surface area contributed by atoms with Gasteiger partial charge in [-0.05, 0) is 31.9 Å². The molecule has 7 heteroatoms. The van der Waals surface area contributed by atoms with Crippen molar-refractivity contribution >= 4 is 17.8 Å². The van der Waals surface area contributed by atoms with Gasteiger partial charge in [0.25, 0.3) is 5.91 Å². The monoisotopic (exact) mass is 304 g/mol. The van der Waals surface area contributed by atoms with Crippen LogP contribution in [0.3, 0.4) is 0 Å². The molecule has 2 aliphatic rings. The van der Waals surface area contributed by atoms with Crippen molar-refractivity contribution in [2.45, 2.75) is 31.8 Å². The lowest BCUT2D eigenvalue weighted by molar-refractivity contribution is 0.0357. The summed E-state index contributed by atoms with van der Waals surface area (Å²) in [6, 6.07) is 3.40. The highest BCUT2D eigenvalue weighted by Crippen LogP contribution is 2.31. The Bertz CT molecular complexity index is 561. The average Bonchev–Trinajstić information content (AvgIpc) is 2.78. The standard InChI is InChI=1S/C15H20N4O3/c1-2-22-15(21)19-11-4-5-12(19)9-18(8-11)14(20)10-3-6-13(16)17-7-10/h3,6-7,11-12H,2,4-5,8-9H2,1H3,(H2,16,17). The van der Waals surface area contributed by atoms with Crippen molar-refractivity contribution < 1.29 is 14.3 Å². The number of carbonyl (C=O) groups is 2. The van der Waals surface area contributed by atoms with Crippen molar-refractivity contribution in [3.05, 3.63) is 23.9 Å². The van der Waals surface area contributed by atoms with Gasteiger partial charge in [-0.3, -0.25) is 9.69 Å². The van der Waals surface area contributed by atoms with Gasteiger partial charge >= 0.3 is 6.09 Å². The van der Waals surface area contributed by atoms with Gasteiger partial charge in [-0.25, -0.2) is 9.78 Å². The van der Waals surface area contributed by atoms with Crippen LogP contribution in [0.1, 0.15) is 30.1 Å². The summed E-state index contributed by atoms with van der Waals surface area (Å²) in [5.41, 5.74) is 6.07. The summed E-state index contributed by atoms with van der Waals surface area (Å²) in [5.74, 6) is 0.330. The molecule has 0 saturated carbocycles. The molecule has 1 aromatic rings. The quantitative estimate of drug-likeness (QED) is 0.884. The van der Waals surface area contributed by atoms with Gasteiger partial charge in [0, 0.05) is 19.3 Å². The minimum atomic E-state index is -0.267.